The highest BCUT2D eigenvalue weighted by atomic mass is 32.2. The number of carbonyl (C=O) groups is 1. The largest absolute Gasteiger partial charge is 0.342 e. The Bertz CT molecular complexity index is 211. The van der Waals surface area contributed by atoms with Crippen LogP contribution in [0.3, 0.4) is 0 Å². The monoisotopic (exact) mass is 230 g/mol. The fourth-order valence-corrected chi connectivity index (χ4v) is 2.76. The Hall–Kier alpha value is -0.220. The van der Waals surface area contributed by atoms with Gasteiger partial charge in [-0.25, -0.2) is 0 Å². The fraction of sp³-hybridized carbons (Fsp3) is 0.909. The van der Waals surface area contributed by atoms with Gasteiger partial charge in [0.15, 0.2) is 0 Å². The lowest BCUT2D eigenvalue weighted by Gasteiger charge is -2.20. The Balaban J connectivity index is 2.35. The van der Waals surface area contributed by atoms with Crippen molar-refractivity contribution in [3.05, 3.63) is 0 Å². The summed E-state index contributed by atoms with van der Waals surface area (Å²) in [4.78, 5) is 14.0. The summed E-state index contributed by atoms with van der Waals surface area (Å²) in [7, 11) is 1.97. The molecule has 0 spiro atoms. The standard InChI is InChI=1S/C11H22N2OS/c1-9(8-15-3)11(14)13-5-4-10(7-13)6-12-2/h9-10,12H,4-8H2,1-3H3. The number of amides is 1. The summed E-state index contributed by atoms with van der Waals surface area (Å²) in [5.74, 6) is 2.10. The molecule has 1 aliphatic rings. The first-order valence-corrected chi connectivity index (χ1v) is 7.00. The molecule has 1 aliphatic heterocycles. The molecular formula is C11H22N2OS. The Morgan fingerprint density at radius 3 is 3.00 bits per heavy atom. The molecule has 1 rings (SSSR count). The lowest BCUT2D eigenvalue weighted by molar-refractivity contribution is -0.133. The van der Waals surface area contributed by atoms with E-state index in [1.165, 1.54) is 0 Å². The van der Waals surface area contributed by atoms with Crippen LogP contribution < -0.4 is 5.32 Å². The van der Waals surface area contributed by atoms with E-state index in [4.69, 9.17) is 0 Å². The number of nitrogens with one attached hydrogen (secondary N) is 1. The zero-order chi connectivity index (χ0) is 11.3. The second-order valence-electron chi connectivity index (χ2n) is 4.35. The third kappa shape index (κ3) is 3.68. The summed E-state index contributed by atoms with van der Waals surface area (Å²) in [6.07, 6.45) is 3.20. The molecule has 1 fully saturated rings. The van der Waals surface area contributed by atoms with E-state index >= 15 is 0 Å². The highest BCUT2D eigenvalue weighted by Gasteiger charge is 2.28. The van der Waals surface area contributed by atoms with Crippen molar-refractivity contribution in [2.24, 2.45) is 11.8 Å². The third-order valence-corrected chi connectivity index (χ3v) is 3.76. The van der Waals surface area contributed by atoms with Crippen molar-refractivity contribution in [2.75, 3.05) is 38.7 Å². The van der Waals surface area contributed by atoms with E-state index < -0.39 is 0 Å². The normalized spacial score (nSPS) is 23.1. The van der Waals surface area contributed by atoms with Crippen LogP contribution in [0.25, 0.3) is 0 Å². The summed E-state index contributed by atoms with van der Waals surface area (Å²) in [5.41, 5.74) is 0. The van der Waals surface area contributed by atoms with Crippen molar-refractivity contribution in [3.8, 4) is 0 Å². The van der Waals surface area contributed by atoms with Gasteiger partial charge >= 0.3 is 0 Å². The SMILES string of the molecule is CNCC1CCN(C(=O)C(C)CSC)C1. The third-order valence-electron chi connectivity index (χ3n) is 2.93. The lowest BCUT2D eigenvalue weighted by Crippen LogP contribution is -2.35. The topological polar surface area (TPSA) is 32.3 Å². The van der Waals surface area contributed by atoms with Crippen LogP contribution in [0.4, 0.5) is 0 Å². The van der Waals surface area contributed by atoms with Crippen LogP contribution in [-0.2, 0) is 4.79 Å². The minimum atomic E-state index is 0.174. The maximum atomic E-state index is 12.0. The molecule has 15 heavy (non-hydrogen) atoms. The average molecular weight is 230 g/mol. The average Bonchev–Trinajstić information content (AvgIpc) is 2.66. The first kappa shape index (κ1) is 12.8. The first-order valence-electron chi connectivity index (χ1n) is 5.61. The number of likely N-dealkylation sites (tertiary alicyclic amines) is 1. The first-order chi connectivity index (χ1) is 7.19. The van der Waals surface area contributed by atoms with E-state index in [9.17, 15) is 4.79 Å². The second-order valence-corrected chi connectivity index (χ2v) is 5.26. The maximum absolute atomic E-state index is 12.0. The van der Waals surface area contributed by atoms with Crippen molar-refractivity contribution < 1.29 is 4.79 Å². The molecule has 0 saturated carbocycles. The van der Waals surface area contributed by atoms with E-state index in [2.05, 4.69) is 11.6 Å². The number of hydrogen-bond donors (Lipinski definition) is 1. The molecule has 0 aliphatic carbocycles. The molecule has 0 radical (unpaired) electrons. The molecule has 1 N–H and O–H groups in total. The van der Waals surface area contributed by atoms with Gasteiger partial charge in [0.25, 0.3) is 0 Å². The van der Waals surface area contributed by atoms with Crippen molar-refractivity contribution in [1.82, 2.24) is 10.2 Å². The van der Waals surface area contributed by atoms with Gasteiger partial charge in [-0.1, -0.05) is 6.92 Å². The smallest absolute Gasteiger partial charge is 0.226 e. The molecular weight excluding hydrogens is 208 g/mol. The van der Waals surface area contributed by atoms with Crippen molar-refractivity contribution in [3.63, 3.8) is 0 Å². The Morgan fingerprint density at radius 2 is 2.40 bits per heavy atom. The maximum Gasteiger partial charge on any atom is 0.226 e. The van der Waals surface area contributed by atoms with E-state index in [1.54, 1.807) is 11.8 Å². The molecule has 88 valence electrons. The molecule has 1 heterocycles. The number of hydrogen-bond acceptors (Lipinski definition) is 3. The van der Waals surface area contributed by atoms with E-state index in [1.807, 2.05) is 18.9 Å². The van der Waals surface area contributed by atoms with Crippen LogP contribution in [0, 0.1) is 11.8 Å². The number of nitrogens with zero attached hydrogens (tertiary/aromatic N) is 1. The van der Waals surface area contributed by atoms with Gasteiger partial charge in [0.05, 0.1) is 0 Å². The molecule has 1 amide bonds. The summed E-state index contributed by atoms with van der Waals surface area (Å²) in [5, 5.41) is 3.18. The van der Waals surface area contributed by atoms with Crippen molar-refractivity contribution >= 4 is 17.7 Å². The van der Waals surface area contributed by atoms with Gasteiger partial charge in [-0.3, -0.25) is 4.79 Å². The van der Waals surface area contributed by atoms with E-state index in [0.29, 0.717) is 11.8 Å². The minimum Gasteiger partial charge on any atom is -0.342 e. The van der Waals surface area contributed by atoms with E-state index in [0.717, 1.165) is 31.8 Å². The van der Waals surface area contributed by atoms with Crippen LogP contribution in [0.1, 0.15) is 13.3 Å². The van der Waals surface area contributed by atoms with Crippen LogP contribution in [0.15, 0.2) is 0 Å². The highest BCUT2D eigenvalue weighted by Crippen LogP contribution is 2.18. The van der Waals surface area contributed by atoms with Crippen LogP contribution in [0.2, 0.25) is 0 Å². The van der Waals surface area contributed by atoms with E-state index in [-0.39, 0.29) is 5.92 Å². The Kier molecular flexibility index (Phi) is 5.47. The molecule has 0 aromatic carbocycles. The minimum absolute atomic E-state index is 0.174. The summed E-state index contributed by atoms with van der Waals surface area (Å²) >= 11 is 1.75. The highest BCUT2D eigenvalue weighted by molar-refractivity contribution is 7.98. The number of carbonyl (C=O) groups excluding carboxylic acids is 1. The molecule has 4 heteroatoms. The summed E-state index contributed by atoms with van der Waals surface area (Å²) in [6.45, 7) is 4.95. The predicted molar refractivity (Wildman–Crippen MR) is 66.2 cm³/mol. The fourth-order valence-electron chi connectivity index (χ4n) is 2.12. The van der Waals surface area contributed by atoms with Gasteiger partial charge in [-0.15, -0.1) is 0 Å². The van der Waals surface area contributed by atoms with Gasteiger partial charge in [0.2, 0.25) is 5.91 Å². The van der Waals surface area contributed by atoms with Gasteiger partial charge in [-0.05, 0) is 32.2 Å². The van der Waals surface area contributed by atoms with Crippen molar-refractivity contribution in [2.45, 2.75) is 13.3 Å². The van der Waals surface area contributed by atoms with Gasteiger partial charge < -0.3 is 10.2 Å². The molecule has 0 bridgehead atoms. The van der Waals surface area contributed by atoms with Gasteiger partial charge in [0, 0.05) is 24.8 Å². The van der Waals surface area contributed by atoms with Crippen LogP contribution in [0.5, 0.6) is 0 Å². The van der Waals surface area contributed by atoms with Crippen LogP contribution in [-0.4, -0.2) is 49.5 Å². The predicted octanol–water partition coefficient (Wildman–Crippen LogP) is 1.05. The quantitative estimate of drug-likeness (QED) is 0.766. The summed E-state index contributed by atoms with van der Waals surface area (Å²) < 4.78 is 0. The molecule has 2 atom stereocenters. The molecule has 0 aromatic heterocycles. The number of rotatable bonds is 5. The molecule has 2 unspecified atom stereocenters. The molecule has 3 nitrogen and oxygen atoms in total. The number of thioether (sulfide) groups is 1. The van der Waals surface area contributed by atoms with Crippen LogP contribution >= 0.6 is 11.8 Å². The molecule has 1 saturated heterocycles. The summed E-state index contributed by atoms with van der Waals surface area (Å²) in [6, 6.07) is 0. The lowest BCUT2D eigenvalue weighted by atomic mass is 10.1. The Morgan fingerprint density at radius 1 is 1.67 bits per heavy atom. The zero-order valence-corrected chi connectivity index (χ0v) is 10.8. The molecule has 0 aromatic rings. The second kappa shape index (κ2) is 6.38. The van der Waals surface area contributed by atoms with Gasteiger partial charge in [0.1, 0.15) is 0 Å². The van der Waals surface area contributed by atoms with Crippen molar-refractivity contribution in [1.29, 1.82) is 0 Å². The van der Waals surface area contributed by atoms with Gasteiger partial charge in [-0.2, -0.15) is 11.8 Å². The zero-order valence-electron chi connectivity index (χ0n) is 9.95. The Labute approximate surface area is 97.0 Å².